The number of methoxy groups -OCH3 is 1. The third kappa shape index (κ3) is 4.53. The summed E-state index contributed by atoms with van der Waals surface area (Å²) in [5, 5.41) is 19.3. The third-order valence-electron chi connectivity index (χ3n) is 7.38. The number of carbonyl (C=O) groups excluding carboxylic acids is 1. The Morgan fingerprint density at radius 3 is 2.68 bits per heavy atom. The van der Waals surface area contributed by atoms with Gasteiger partial charge in [-0.3, -0.25) is 9.59 Å². The molecule has 0 bridgehead atoms. The first-order valence-corrected chi connectivity index (χ1v) is 13.5. The zero-order valence-corrected chi connectivity index (χ0v) is 23.1. The second-order valence-electron chi connectivity index (χ2n) is 9.73. The van der Waals surface area contributed by atoms with Crippen molar-refractivity contribution < 1.29 is 19.4 Å². The third-order valence-corrected chi connectivity index (χ3v) is 8.67. The number of fused-ring (bicyclic) bond motifs is 2. The number of rotatable bonds is 7. The number of benzene rings is 2. The minimum absolute atomic E-state index is 0.00604. The minimum Gasteiger partial charge on any atom is -0.494 e. The zero-order chi connectivity index (χ0) is 27.1. The number of ether oxygens (including phenoxy) is 1. The molecule has 4 aromatic rings. The highest BCUT2D eigenvalue weighted by Crippen LogP contribution is 2.38. The monoisotopic (exact) mass is 533 g/mol. The Hall–Kier alpha value is -3.79. The van der Waals surface area contributed by atoms with Crippen LogP contribution in [-0.4, -0.2) is 55.5 Å². The number of carbonyl (C=O) groups is 2. The number of hydrogen-bond donors (Lipinski definition) is 1. The minimum atomic E-state index is -0.894. The van der Waals surface area contributed by atoms with E-state index in [0.29, 0.717) is 29.2 Å². The van der Waals surface area contributed by atoms with Gasteiger partial charge in [0.1, 0.15) is 21.7 Å². The number of nitrogens with zero attached hydrogens (tertiary/aromatic N) is 5. The molecule has 1 N–H and O–H groups in total. The SMILES string of the molecule is CCc1nc(C)c(C(=O)N2CCc3ccc(C(CC(=O)O)c4cc(OC)c5c(nnn5C)c4C)cc3C2)s1. The summed E-state index contributed by atoms with van der Waals surface area (Å²) >= 11 is 1.47. The molecule has 1 atom stereocenters. The molecule has 2 aromatic heterocycles. The molecular weight excluding hydrogens is 502 g/mol. The summed E-state index contributed by atoms with van der Waals surface area (Å²) in [6, 6.07) is 8.05. The molecule has 1 unspecified atom stereocenters. The fraction of sp³-hybridized carbons (Fsp3) is 0.393. The molecule has 2 aromatic carbocycles. The molecule has 198 valence electrons. The molecule has 1 amide bonds. The molecule has 0 spiro atoms. The van der Waals surface area contributed by atoms with Crippen LogP contribution in [0.5, 0.6) is 5.75 Å². The van der Waals surface area contributed by atoms with Gasteiger partial charge in [0.2, 0.25) is 0 Å². The summed E-state index contributed by atoms with van der Waals surface area (Å²) < 4.78 is 7.31. The standard InChI is InChI=1S/C28H31N5O4S/c1-6-23-29-16(3)27(38-23)28(36)33-10-9-17-7-8-18(11-19(17)14-33)21(13-24(34)35)20-12-22(37-5)26-25(15(20)2)30-31-32(26)4/h7-8,11-12,21H,6,9-10,13-14H2,1-5H3,(H,34,35). The first kappa shape index (κ1) is 25.8. The van der Waals surface area contributed by atoms with E-state index in [1.54, 1.807) is 18.8 Å². The Bertz CT molecular complexity index is 1560. The summed E-state index contributed by atoms with van der Waals surface area (Å²) in [7, 11) is 3.39. The van der Waals surface area contributed by atoms with Crippen LogP contribution in [0.3, 0.4) is 0 Å². The highest BCUT2D eigenvalue weighted by Gasteiger charge is 2.28. The van der Waals surface area contributed by atoms with Crippen molar-refractivity contribution in [1.82, 2.24) is 24.9 Å². The van der Waals surface area contributed by atoms with Crippen LogP contribution in [0.2, 0.25) is 0 Å². The van der Waals surface area contributed by atoms with Gasteiger partial charge < -0.3 is 14.7 Å². The molecule has 1 aliphatic rings. The summed E-state index contributed by atoms with van der Waals surface area (Å²) in [5.74, 6) is -0.703. The quantitative estimate of drug-likeness (QED) is 0.374. The van der Waals surface area contributed by atoms with E-state index in [9.17, 15) is 14.7 Å². The molecule has 38 heavy (non-hydrogen) atoms. The van der Waals surface area contributed by atoms with Crippen molar-refractivity contribution in [3.63, 3.8) is 0 Å². The molecule has 0 aliphatic carbocycles. The van der Waals surface area contributed by atoms with Crippen molar-refractivity contribution in [2.45, 2.75) is 52.5 Å². The molecule has 9 nitrogen and oxygen atoms in total. The van der Waals surface area contributed by atoms with Gasteiger partial charge in [-0.15, -0.1) is 16.4 Å². The molecule has 0 fully saturated rings. The number of aromatic nitrogens is 4. The lowest BCUT2D eigenvalue weighted by atomic mass is 9.83. The van der Waals surface area contributed by atoms with Crippen LogP contribution in [0, 0.1) is 13.8 Å². The van der Waals surface area contributed by atoms with E-state index < -0.39 is 11.9 Å². The van der Waals surface area contributed by atoms with Gasteiger partial charge in [0.05, 0.1) is 24.2 Å². The molecule has 10 heteroatoms. The van der Waals surface area contributed by atoms with Crippen LogP contribution in [0.4, 0.5) is 0 Å². The van der Waals surface area contributed by atoms with Crippen molar-refractivity contribution in [3.05, 3.63) is 67.7 Å². The average molecular weight is 534 g/mol. The van der Waals surface area contributed by atoms with Crippen LogP contribution in [0.15, 0.2) is 24.3 Å². The van der Waals surface area contributed by atoms with E-state index in [1.807, 2.05) is 37.8 Å². The van der Waals surface area contributed by atoms with E-state index in [2.05, 4.69) is 27.4 Å². The van der Waals surface area contributed by atoms with Gasteiger partial charge in [0, 0.05) is 26.1 Å². The Kier molecular flexibility index (Phi) is 6.92. The van der Waals surface area contributed by atoms with Gasteiger partial charge in [-0.2, -0.15) is 0 Å². The van der Waals surface area contributed by atoms with Gasteiger partial charge in [0.15, 0.2) is 0 Å². The van der Waals surface area contributed by atoms with Crippen LogP contribution < -0.4 is 4.74 Å². The predicted molar refractivity (Wildman–Crippen MR) is 145 cm³/mol. The molecular formula is C28H31N5O4S. The Morgan fingerprint density at radius 1 is 1.21 bits per heavy atom. The lowest BCUT2D eigenvalue weighted by Gasteiger charge is -2.30. The summed E-state index contributed by atoms with van der Waals surface area (Å²) in [4.78, 5) is 32.5. The predicted octanol–water partition coefficient (Wildman–Crippen LogP) is 4.42. The van der Waals surface area contributed by atoms with E-state index >= 15 is 0 Å². The number of amides is 1. The molecule has 0 saturated heterocycles. The van der Waals surface area contributed by atoms with Crippen molar-refractivity contribution >= 4 is 34.2 Å². The maximum absolute atomic E-state index is 13.4. The van der Waals surface area contributed by atoms with E-state index in [1.165, 1.54) is 16.9 Å². The second kappa shape index (κ2) is 10.2. The maximum Gasteiger partial charge on any atom is 0.304 e. The fourth-order valence-electron chi connectivity index (χ4n) is 5.35. The smallest absolute Gasteiger partial charge is 0.304 e. The highest BCUT2D eigenvalue weighted by molar-refractivity contribution is 7.13. The van der Waals surface area contributed by atoms with Crippen LogP contribution >= 0.6 is 11.3 Å². The second-order valence-corrected chi connectivity index (χ2v) is 10.8. The van der Waals surface area contributed by atoms with Crippen LogP contribution in [-0.2, 0) is 31.2 Å². The first-order valence-electron chi connectivity index (χ1n) is 12.7. The summed E-state index contributed by atoms with van der Waals surface area (Å²) in [6.07, 6.45) is 1.47. The highest BCUT2D eigenvalue weighted by atomic mass is 32.1. The zero-order valence-electron chi connectivity index (χ0n) is 22.2. The molecule has 0 saturated carbocycles. The van der Waals surface area contributed by atoms with Crippen LogP contribution in [0.25, 0.3) is 11.0 Å². The Morgan fingerprint density at radius 2 is 2.00 bits per heavy atom. The van der Waals surface area contributed by atoms with Crippen molar-refractivity contribution in [2.75, 3.05) is 13.7 Å². The van der Waals surface area contributed by atoms with Gasteiger partial charge in [-0.25, -0.2) is 9.67 Å². The van der Waals surface area contributed by atoms with Gasteiger partial charge in [-0.1, -0.05) is 30.3 Å². The number of aryl methyl sites for hydroxylation is 4. The summed E-state index contributed by atoms with van der Waals surface area (Å²) in [5.41, 5.74) is 7.07. The average Bonchev–Trinajstić information content (AvgIpc) is 3.49. The van der Waals surface area contributed by atoms with E-state index in [0.717, 1.165) is 51.3 Å². The fourth-order valence-corrected chi connectivity index (χ4v) is 6.32. The lowest BCUT2D eigenvalue weighted by Crippen LogP contribution is -2.36. The first-order chi connectivity index (χ1) is 18.2. The Balaban J connectivity index is 1.53. The van der Waals surface area contributed by atoms with Gasteiger partial charge in [-0.05, 0) is 60.6 Å². The number of aliphatic carboxylic acids is 1. The van der Waals surface area contributed by atoms with Crippen molar-refractivity contribution in [3.8, 4) is 5.75 Å². The maximum atomic E-state index is 13.4. The lowest BCUT2D eigenvalue weighted by molar-refractivity contribution is -0.137. The normalized spacial score (nSPS) is 14.0. The van der Waals surface area contributed by atoms with Crippen molar-refractivity contribution in [2.24, 2.45) is 7.05 Å². The van der Waals surface area contributed by atoms with E-state index in [-0.39, 0.29) is 12.3 Å². The number of carboxylic acids is 1. The molecule has 1 aliphatic heterocycles. The van der Waals surface area contributed by atoms with E-state index in [4.69, 9.17) is 4.74 Å². The van der Waals surface area contributed by atoms with Crippen molar-refractivity contribution in [1.29, 1.82) is 0 Å². The largest absolute Gasteiger partial charge is 0.494 e. The van der Waals surface area contributed by atoms with Crippen LogP contribution in [0.1, 0.15) is 67.5 Å². The van der Waals surface area contributed by atoms with Gasteiger partial charge in [0.25, 0.3) is 5.91 Å². The number of hydrogen-bond acceptors (Lipinski definition) is 7. The molecule has 3 heterocycles. The number of thiazole rings is 1. The molecule has 0 radical (unpaired) electrons. The topological polar surface area (TPSA) is 110 Å². The molecule has 5 rings (SSSR count). The number of carboxylic acid groups (broad SMARTS) is 1. The Labute approximate surface area is 225 Å². The van der Waals surface area contributed by atoms with Gasteiger partial charge >= 0.3 is 5.97 Å². The summed E-state index contributed by atoms with van der Waals surface area (Å²) in [6.45, 7) is 6.99.